The summed E-state index contributed by atoms with van der Waals surface area (Å²) in [6, 6.07) is -1.73. The number of carbonyl (C=O) groups is 1. The molecule has 0 rings (SSSR count). The minimum atomic E-state index is -4.35. The van der Waals surface area contributed by atoms with Crippen LogP contribution >= 0.6 is 0 Å². The second kappa shape index (κ2) is 5.49. The molecule has 0 aromatic carbocycles. The molecule has 0 aromatic rings. The van der Waals surface area contributed by atoms with Crippen molar-refractivity contribution in [1.82, 2.24) is 10.9 Å². The van der Waals surface area contributed by atoms with E-state index in [1.807, 2.05) is 5.43 Å². The molecule has 0 radical (unpaired) electrons. The molecule has 1 unspecified atom stereocenters. The van der Waals surface area contributed by atoms with Gasteiger partial charge in [-0.3, -0.25) is 4.79 Å². The molecule has 4 nitrogen and oxygen atoms in total. The number of rotatable bonds is 4. The first kappa shape index (κ1) is 15.2. The van der Waals surface area contributed by atoms with Crippen LogP contribution in [0.25, 0.3) is 0 Å². The Morgan fingerprint density at radius 3 is 2.19 bits per heavy atom. The third-order valence-corrected chi connectivity index (χ3v) is 1.46. The summed E-state index contributed by atoms with van der Waals surface area (Å²) in [6.45, 7) is 5.66. The fourth-order valence-corrected chi connectivity index (χ4v) is 0.736. The number of hydrazine groups is 1. The Kier molecular flexibility index (Phi) is 5.21. The predicted molar refractivity (Wildman–Crippen MR) is 52.5 cm³/mol. The summed E-state index contributed by atoms with van der Waals surface area (Å²) in [5.74, 6) is -0.616. The molecule has 7 heteroatoms. The zero-order valence-electron chi connectivity index (χ0n) is 9.73. The van der Waals surface area contributed by atoms with Gasteiger partial charge >= 0.3 is 12.1 Å². The van der Waals surface area contributed by atoms with E-state index in [9.17, 15) is 18.0 Å². The lowest BCUT2D eigenvalue weighted by Gasteiger charge is -2.21. The Bertz CT molecular complexity index is 236. The van der Waals surface area contributed by atoms with Gasteiger partial charge in [-0.05, 0) is 27.7 Å². The molecule has 0 aliphatic heterocycles. The van der Waals surface area contributed by atoms with Gasteiger partial charge in [0.25, 0.3) is 0 Å². The third-order valence-electron chi connectivity index (χ3n) is 1.46. The number of alkyl halides is 3. The Morgan fingerprint density at radius 2 is 1.81 bits per heavy atom. The Morgan fingerprint density at radius 1 is 1.31 bits per heavy atom. The number of halogens is 3. The highest BCUT2D eigenvalue weighted by Gasteiger charge is 2.35. The summed E-state index contributed by atoms with van der Waals surface area (Å²) in [7, 11) is 0. The van der Waals surface area contributed by atoms with E-state index in [1.54, 1.807) is 20.8 Å². The van der Waals surface area contributed by atoms with E-state index in [4.69, 9.17) is 4.74 Å². The number of nitrogens with one attached hydrogen (secondary N) is 2. The molecule has 2 N–H and O–H groups in total. The zero-order chi connectivity index (χ0) is 13.0. The van der Waals surface area contributed by atoms with Crippen LogP contribution in [0.5, 0.6) is 0 Å². The van der Waals surface area contributed by atoms with Crippen LogP contribution in [0, 0.1) is 0 Å². The summed E-state index contributed by atoms with van der Waals surface area (Å²) in [6.07, 6.45) is -4.35. The molecule has 0 saturated heterocycles. The van der Waals surface area contributed by atoms with Gasteiger partial charge in [-0.1, -0.05) is 0 Å². The monoisotopic (exact) mass is 242 g/mol. The molecule has 0 aliphatic rings. The van der Waals surface area contributed by atoms with Crippen molar-refractivity contribution >= 4 is 5.97 Å². The predicted octanol–water partition coefficient (Wildman–Crippen LogP) is 1.37. The summed E-state index contributed by atoms with van der Waals surface area (Å²) in [4.78, 5) is 11.1. The smallest absolute Gasteiger partial charge is 0.404 e. The highest BCUT2D eigenvalue weighted by atomic mass is 19.4. The van der Waals surface area contributed by atoms with E-state index >= 15 is 0 Å². The SMILES string of the molecule is CC(NNCC(=O)OC(C)(C)C)C(F)(F)F. The molecule has 0 aromatic heterocycles. The van der Waals surface area contributed by atoms with Crippen molar-refractivity contribution in [2.45, 2.75) is 45.5 Å². The molecule has 0 bridgehead atoms. The lowest BCUT2D eigenvalue weighted by atomic mass is 10.2. The number of esters is 1. The summed E-state index contributed by atoms with van der Waals surface area (Å²) >= 11 is 0. The second-order valence-electron chi connectivity index (χ2n) is 4.35. The highest BCUT2D eigenvalue weighted by Crippen LogP contribution is 2.18. The lowest BCUT2D eigenvalue weighted by Crippen LogP contribution is -2.49. The van der Waals surface area contributed by atoms with E-state index in [2.05, 4.69) is 5.43 Å². The van der Waals surface area contributed by atoms with Gasteiger partial charge in [-0.25, -0.2) is 10.9 Å². The summed E-state index contributed by atoms with van der Waals surface area (Å²) in [5, 5.41) is 0. The van der Waals surface area contributed by atoms with E-state index < -0.39 is 23.8 Å². The van der Waals surface area contributed by atoms with Crippen molar-refractivity contribution < 1.29 is 22.7 Å². The average Bonchev–Trinajstić information content (AvgIpc) is 1.98. The van der Waals surface area contributed by atoms with Crippen LogP contribution in [0.15, 0.2) is 0 Å². The Hall–Kier alpha value is -0.820. The van der Waals surface area contributed by atoms with Gasteiger partial charge in [0.05, 0.1) is 0 Å². The average molecular weight is 242 g/mol. The number of ether oxygens (including phenoxy) is 1. The van der Waals surface area contributed by atoms with E-state index in [0.717, 1.165) is 6.92 Å². The normalized spacial score (nSPS) is 14.7. The number of hydrogen-bond donors (Lipinski definition) is 2. The second-order valence-corrected chi connectivity index (χ2v) is 4.35. The van der Waals surface area contributed by atoms with Crippen LogP contribution in [-0.4, -0.2) is 30.3 Å². The topological polar surface area (TPSA) is 50.4 Å². The summed E-state index contributed by atoms with van der Waals surface area (Å²) < 4.78 is 41.0. The molecule has 0 aliphatic carbocycles. The maximum Gasteiger partial charge on any atom is 0.404 e. The van der Waals surface area contributed by atoms with Crippen LogP contribution in [0.4, 0.5) is 13.2 Å². The first-order valence-corrected chi connectivity index (χ1v) is 4.79. The van der Waals surface area contributed by atoms with E-state index in [1.165, 1.54) is 0 Å². The van der Waals surface area contributed by atoms with Crippen LogP contribution in [-0.2, 0) is 9.53 Å². The van der Waals surface area contributed by atoms with Gasteiger partial charge in [0.1, 0.15) is 18.2 Å². The van der Waals surface area contributed by atoms with Crippen molar-refractivity contribution in [3.8, 4) is 0 Å². The maximum absolute atomic E-state index is 12.0. The van der Waals surface area contributed by atoms with Gasteiger partial charge in [-0.2, -0.15) is 13.2 Å². The minimum absolute atomic E-state index is 0.322. The highest BCUT2D eigenvalue weighted by molar-refractivity contribution is 5.71. The van der Waals surface area contributed by atoms with Crippen LogP contribution in [0.2, 0.25) is 0 Å². The Labute approximate surface area is 92.5 Å². The van der Waals surface area contributed by atoms with Crippen molar-refractivity contribution in [3.63, 3.8) is 0 Å². The molecule has 0 fully saturated rings. The summed E-state index contributed by atoms with van der Waals surface area (Å²) in [5.41, 5.74) is 3.49. The van der Waals surface area contributed by atoms with Crippen LogP contribution in [0.1, 0.15) is 27.7 Å². The molecule has 16 heavy (non-hydrogen) atoms. The third kappa shape index (κ3) is 7.47. The van der Waals surface area contributed by atoms with Gasteiger partial charge in [0, 0.05) is 0 Å². The van der Waals surface area contributed by atoms with Crippen molar-refractivity contribution in [2.75, 3.05) is 6.54 Å². The first-order chi connectivity index (χ1) is 7.02. The quantitative estimate of drug-likeness (QED) is 0.577. The molecule has 1 atom stereocenters. The molecule has 0 amide bonds. The van der Waals surface area contributed by atoms with E-state index in [-0.39, 0.29) is 6.54 Å². The Balaban J connectivity index is 3.79. The van der Waals surface area contributed by atoms with Crippen molar-refractivity contribution in [1.29, 1.82) is 0 Å². The zero-order valence-corrected chi connectivity index (χ0v) is 9.73. The van der Waals surface area contributed by atoms with Crippen LogP contribution in [0.3, 0.4) is 0 Å². The molecule has 0 heterocycles. The van der Waals surface area contributed by atoms with Gasteiger partial charge in [0.2, 0.25) is 0 Å². The molecule has 0 spiro atoms. The fourth-order valence-electron chi connectivity index (χ4n) is 0.736. The van der Waals surface area contributed by atoms with Crippen molar-refractivity contribution in [2.24, 2.45) is 0 Å². The van der Waals surface area contributed by atoms with E-state index in [0.29, 0.717) is 0 Å². The first-order valence-electron chi connectivity index (χ1n) is 4.79. The molecular weight excluding hydrogens is 225 g/mol. The lowest BCUT2D eigenvalue weighted by molar-refractivity contribution is -0.159. The molecule has 96 valence electrons. The van der Waals surface area contributed by atoms with Gasteiger partial charge in [0.15, 0.2) is 0 Å². The number of carbonyl (C=O) groups excluding carboxylic acids is 1. The van der Waals surface area contributed by atoms with Crippen LogP contribution < -0.4 is 10.9 Å². The molecule has 0 saturated carbocycles. The molecular formula is C9H17F3N2O2. The van der Waals surface area contributed by atoms with Gasteiger partial charge in [-0.15, -0.1) is 0 Å². The van der Waals surface area contributed by atoms with Crippen molar-refractivity contribution in [3.05, 3.63) is 0 Å². The van der Waals surface area contributed by atoms with Gasteiger partial charge < -0.3 is 4.74 Å². The fraction of sp³-hybridized carbons (Fsp3) is 0.889. The largest absolute Gasteiger partial charge is 0.459 e. The maximum atomic E-state index is 12.0. The minimum Gasteiger partial charge on any atom is -0.459 e. The number of hydrogen-bond acceptors (Lipinski definition) is 4. The standard InChI is InChI=1S/C9H17F3N2O2/c1-6(9(10,11)12)14-13-5-7(15)16-8(2,3)4/h6,13-14H,5H2,1-4H3.